The molecule has 15 heavy (non-hydrogen) atoms. The van der Waals surface area contributed by atoms with Gasteiger partial charge in [0.25, 0.3) is 0 Å². The molecule has 0 aliphatic carbocycles. The molecule has 1 unspecified atom stereocenters. The Hall–Kier alpha value is -0.450. The highest BCUT2D eigenvalue weighted by molar-refractivity contribution is 7.09. The van der Waals surface area contributed by atoms with Gasteiger partial charge in [0.15, 0.2) is 0 Å². The number of hydrogen-bond acceptors (Lipinski definition) is 4. The Bertz CT molecular complexity index is 309. The topological polar surface area (TPSA) is 42.4 Å². The number of aliphatic hydroxyl groups excluding tert-OH is 1. The van der Waals surface area contributed by atoms with Crippen LogP contribution in [0.1, 0.15) is 31.5 Å². The molecule has 86 valence electrons. The molecule has 0 saturated carbocycles. The number of ether oxygens (including phenoxy) is 1. The maximum absolute atomic E-state index is 10.0. The molecule has 0 saturated heterocycles. The average Bonchev–Trinajstić information content (AvgIpc) is 2.51. The molecule has 0 aliphatic rings. The van der Waals surface area contributed by atoms with Gasteiger partial charge in [-0.15, -0.1) is 11.3 Å². The Kier molecular flexibility index (Phi) is 4.25. The molecule has 0 fully saturated rings. The summed E-state index contributed by atoms with van der Waals surface area (Å²) in [5, 5.41) is 13.0. The van der Waals surface area contributed by atoms with Crippen LogP contribution in [0.2, 0.25) is 0 Å². The average molecular weight is 229 g/mol. The number of rotatable bonds is 5. The van der Waals surface area contributed by atoms with Crippen molar-refractivity contribution in [2.75, 3.05) is 6.61 Å². The van der Waals surface area contributed by atoms with E-state index in [4.69, 9.17) is 4.74 Å². The normalized spacial score (nSPS) is 14.2. The fraction of sp³-hybridized carbons (Fsp3) is 0.727. The first kappa shape index (κ1) is 12.6. The van der Waals surface area contributed by atoms with E-state index in [1.807, 2.05) is 33.1 Å². The molecule has 0 bridgehead atoms. The molecule has 0 radical (unpaired) electrons. The van der Waals surface area contributed by atoms with E-state index in [1.165, 1.54) is 0 Å². The number of thiazole rings is 1. The van der Waals surface area contributed by atoms with Gasteiger partial charge < -0.3 is 9.84 Å². The van der Waals surface area contributed by atoms with Gasteiger partial charge in [0, 0.05) is 24.1 Å². The van der Waals surface area contributed by atoms with Crippen LogP contribution in [0.5, 0.6) is 0 Å². The third-order valence-electron chi connectivity index (χ3n) is 2.35. The Morgan fingerprint density at radius 2 is 2.27 bits per heavy atom. The van der Waals surface area contributed by atoms with Gasteiger partial charge in [0.2, 0.25) is 0 Å². The van der Waals surface area contributed by atoms with Crippen LogP contribution in [0.4, 0.5) is 0 Å². The van der Waals surface area contributed by atoms with Crippen molar-refractivity contribution in [3.05, 3.63) is 16.1 Å². The lowest BCUT2D eigenvalue weighted by Gasteiger charge is -2.29. The maximum atomic E-state index is 10.0. The number of aryl methyl sites for hydroxylation is 1. The zero-order valence-electron chi connectivity index (χ0n) is 9.78. The van der Waals surface area contributed by atoms with Gasteiger partial charge >= 0.3 is 0 Å². The fourth-order valence-corrected chi connectivity index (χ4v) is 2.19. The summed E-state index contributed by atoms with van der Waals surface area (Å²) in [5.74, 6) is 0. The Morgan fingerprint density at radius 3 is 2.73 bits per heavy atom. The van der Waals surface area contributed by atoms with Crippen LogP contribution in [0, 0.1) is 6.92 Å². The lowest BCUT2D eigenvalue weighted by Crippen LogP contribution is -2.40. The van der Waals surface area contributed by atoms with Crippen molar-refractivity contribution >= 4 is 11.3 Å². The minimum atomic E-state index is -0.511. The van der Waals surface area contributed by atoms with Crippen molar-refractivity contribution in [1.29, 1.82) is 0 Å². The van der Waals surface area contributed by atoms with Crippen LogP contribution in [0.3, 0.4) is 0 Å². The number of hydrogen-bond donors (Lipinski definition) is 1. The molecular weight excluding hydrogens is 210 g/mol. The van der Waals surface area contributed by atoms with Crippen LogP contribution in [0.15, 0.2) is 5.38 Å². The molecule has 1 atom stereocenters. The monoisotopic (exact) mass is 229 g/mol. The van der Waals surface area contributed by atoms with Gasteiger partial charge in [0.05, 0.1) is 16.7 Å². The first-order chi connectivity index (χ1) is 6.95. The van der Waals surface area contributed by atoms with Gasteiger partial charge in [-0.1, -0.05) is 0 Å². The highest BCUT2D eigenvalue weighted by Gasteiger charge is 2.28. The molecule has 1 heterocycles. The van der Waals surface area contributed by atoms with Crippen molar-refractivity contribution in [3.8, 4) is 0 Å². The molecular formula is C11H19NO2S. The lowest BCUT2D eigenvalue weighted by atomic mass is 9.99. The minimum Gasteiger partial charge on any atom is -0.390 e. The Morgan fingerprint density at radius 1 is 1.60 bits per heavy atom. The van der Waals surface area contributed by atoms with Crippen molar-refractivity contribution in [2.45, 2.75) is 45.8 Å². The number of aromatic nitrogens is 1. The second-order valence-electron chi connectivity index (χ2n) is 4.14. The minimum absolute atomic E-state index is 0.506. The summed E-state index contributed by atoms with van der Waals surface area (Å²) in [6.45, 7) is 8.31. The SMILES string of the molecule is CCOC(C)(C)C(O)Cc1nc(C)cs1. The van der Waals surface area contributed by atoms with Gasteiger partial charge in [-0.25, -0.2) is 4.98 Å². The summed E-state index contributed by atoms with van der Waals surface area (Å²) in [5.41, 5.74) is 0.505. The summed E-state index contributed by atoms with van der Waals surface area (Å²) < 4.78 is 5.50. The predicted octanol–water partition coefficient (Wildman–Crippen LogP) is 2.17. The summed E-state index contributed by atoms with van der Waals surface area (Å²) in [7, 11) is 0. The van der Waals surface area contributed by atoms with Crippen molar-refractivity contribution in [1.82, 2.24) is 4.98 Å². The Labute approximate surface area is 95.1 Å². The van der Waals surface area contributed by atoms with Gasteiger partial charge in [0.1, 0.15) is 0 Å². The largest absolute Gasteiger partial charge is 0.390 e. The summed E-state index contributed by atoms with van der Waals surface area (Å²) in [6.07, 6.45) is 0.0499. The smallest absolute Gasteiger partial charge is 0.0955 e. The molecule has 0 aliphatic heterocycles. The quantitative estimate of drug-likeness (QED) is 0.841. The molecule has 0 aromatic carbocycles. The molecule has 4 heteroatoms. The van der Waals surface area contributed by atoms with E-state index in [0.717, 1.165) is 10.7 Å². The Balaban J connectivity index is 2.58. The van der Waals surface area contributed by atoms with Gasteiger partial charge in [-0.2, -0.15) is 0 Å². The first-order valence-electron chi connectivity index (χ1n) is 5.18. The zero-order valence-corrected chi connectivity index (χ0v) is 10.6. The lowest BCUT2D eigenvalue weighted by molar-refractivity contribution is -0.0955. The summed E-state index contributed by atoms with van der Waals surface area (Å²) in [6, 6.07) is 0. The molecule has 1 aromatic rings. The highest BCUT2D eigenvalue weighted by Crippen LogP contribution is 2.20. The second kappa shape index (κ2) is 5.05. The van der Waals surface area contributed by atoms with Gasteiger partial charge in [-0.05, 0) is 27.7 Å². The molecule has 1 rings (SSSR count). The van der Waals surface area contributed by atoms with Crippen LogP contribution < -0.4 is 0 Å². The third-order valence-corrected chi connectivity index (χ3v) is 3.34. The van der Waals surface area contributed by atoms with E-state index in [1.54, 1.807) is 11.3 Å². The zero-order chi connectivity index (χ0) is 11.5. The summed E-state index contributed by atoms with van der Waals surface area (Å²) in [4.78, 5) is 4.33. The maximum Gasteiger partial charge on any atom is 0.0955 e. The molecule has 1 N–H and O–H groups in total. The van der Waals surface area contributed by atoms with E-state index in [2.05, 4.69) is 4.98 Å². The molecule has 0 spiro atoms. The molecule has 3 nitrogen and oxygen atoms in total. The van der Waals surface area contributed by atoms with Crippen LogP contribution in [-0.4, -0.2) is 28.4 Å². The highest BCUT2D eigenvalue weighted by atomic mass is 32.1. The van der Waals surface area contributed by atoms with Crippen molar-refractivity contribution < 1.29 is 9.84 Å². The first-order valence-corrected chi connectivity index (χ1v) is 6.06. The predicted molar refractivity (Wildman–Crippen MR) is 62.3 cm³/mol. The van der Waals surface area contributed by atoms with Crippen molar-refractivity contribution in [3.63, 3.8) is 0 Å². The van der Waals surface area contributed by atoms with E-state index < -0.39 is 11.7 Å². The fourth-order valence-electron chi connectivity index (χ4n) is 1.38. The van der Waals surface area contributed by atoms with E-state index in [0.29, 0.717) is 13.0 Å². The number of aliphatic hydroxyl groups is 1. The van der Waals surface area contributed by atoms with E-state index in [-0.39, 0.29) is 0 Å². The van der Waals surface area contributed by atoms with Crippen LogP contribution >= 0.6 is 11.3 Å². The summed E-state index contributed by atoms with van der Waals surface area (Å²) >= 11 is 1.59. The van der Waals surface area contributed by atoms with Gasteiger partial charge in [-0.3, -0.25) is 0 Å². The van der Waals surface area contributed by atoms with Crippen molar-refractivity contribution in [2.24, 2.45) is 0 Å². The van der Waals surface area contributed by atoms with E-state index >= 15 is 0 Å². The molecule has 0 amide bonds. The number of nitrogens with zero attached hydrogens (tertiary/aromatic N) is 1. The molecule has 1 aromatic heterocycles. The van der Waals surface area contributed by atoms with E-state index in [9.17, 15) is 5.11 Å². The standard InChI is InChI=1S/C11H19NO2S/c1-5-14-11(3,4)9(13)6-10-12-8(2)7-15-10/h7,9,13H,5-6H2,1-4H3. The van der Waals surface area contributed by atoms with Crippen LogP contribution in [0.25, 0.3) is 0 Å². The van der Waals surface area contributed by atoms with Crippen LogP contribution in [-0.2, 0) is 11.2 Å². The second-order valence-corrected chi connectivity index (χ2v) is 5.08. The third kappa shape index (κ3) is 3.55.